The zero-order chi connectivity index (χ0) is 20.3. The number of nitrogens with zero attached hydrogens (tertiary/aromatic N) is 2. The predicted molar refractivity (Wildman–Crippen MR) is 107 cm³/mol. The van der Waals surface area contributed by atoms with Crippen molar-refractivity contribution >= 4 is 17.5 Å². The third-order valence-corrected chi connectivity index (χ3v) is 5.05. The van der Waals surface area contributed by atoms with E-state index in [-0.39, 0.29) is 11.8 Å². The van der Waals surface area contributed by atoms with Gasteiger partial charge in [-0.05, 0) is 24.1 Å². The third-order valence-electron chi connectivity index (χ3n) is 5.05. The van der Waals surface area contributed by atoms with E-state index in [0.717, 1.165) is 5.56 Å². The number of hydrogen-bond acceptors (Lipinski definition) is 5. The fourth-order valence-corrected chi connectivity index (χ4v) is 3.36. The van der Waals surface area contributed by atoms with Gasteiger partial charge >= 0.3 is 0 Å². The molecule has 0 saturated carbocycles. The molecule has 148 valence electrons. The number of methoxy groups -OCH3 is 2. The van der Waals surface area contributed by atoms with Gasteiger partial charge in [0.2, 0.25) is 5.91 Å². The Hall–Kier alpha value is -3.06. The first kappa shape index (κ1) is 19.7. The van der Waals surface area contributed by atoms with Gasteiger partial charge in [0.25, 0.3) is 5.91 Å². The molecule has 1 aliphatic rings. The lowest BCUT2D eigenvalue weighted by Crippen LogP contribution is -2.43. The molecule has 3 rings (SSSR count). The van der Waals surface area contributed by atoms with Gasteiger partial charge in [-0.3, -0.25) is 9.59 Å². The molecule has 1 heterocycles. The summed E-state index contributed by atoms with van der Waals surface area (Å²) < 4.78 is 10.6. The molecule has 1 saturated heterocycles. The highest BCUT2D eigenvalue weighted by Gasteiger charge is 2.37. The van der Waals surface area contributed by atoms with Gasteiger partial charge in [0.1, 0.15) is 17.5 Å². The molecule has 0 aromatic heterocycles. The monoisotopic (exact) mass is 383 g/mol. The number of likely N-dealkylation sites (N-methyl/N-ethyl adjacent to an activating group) is 1. The number of rotatable bonds is 6. The van der Waals surface area contributed by atoms with Crippen LogP contribution in [0.5, 0.6) is 11.5 Å². The smallest absolute Gasteiger partial charge is 0.254 e. The second-order valence-corrected chi connectivity index (χ2v) is 6.68. The van der Waals surface area contributed by atoms with E-state index in [1.807, 2.05) is 12.1 Å². The van der Waals surface area contributed by atoms with Crippen molar-refractivity contribution in [1.82, 2.24) is 4.90 Å². The molecule has 2 N–H and O–H groups in total. The van der Waals surface area contributed by atoms with Crippen molar-refractivity contribution < 1.29 is 19.1 Å². The van der Waals surface area contributed by atoms with Crippen LogP contribution in [0, 0.1) is 0 Å². The minimum atomic E-state index is -0.515. The number of ether oxygens (including phenoxy) is 2. The predicted octanol–water partition coefficient (Wildman–Crippen LogP) is 2.04. The molecule has 28 heavy (non-hydrogen) atoms. The molecule has 2 aromatic rings. The first-order chi connectivity index (χ1) is 13.5. The Kier molecular flexibility index (Phi) is 5.84. The molecule has 1 fully saturated rings. The minimum absolute atomic E-state index is 0.121. The summed E-state index contributed by atoms with van der Waals surface area (Å²) in [6.07, 6.45) is 0.557. The quantitative estimate of drug-likeness (QED) is 0.825. The number of nitrogens with two attached hydrogens (primary N) is 1. The molecule has 0 spiro atoms. The van der Waals surface area contributed by atoms with Crippen LogP contribution in [-0.2, 0) is 11.3 Å². The molecule has 0 bridgehead atoms. The molecule has 7 heteroatoms. The van der Waals surface area contributed by atoms with E-state index in [2.05, 4.69) is 0 Å². The third kappa shape index (κ3) is 3.80. The molecule has 1 atom stereocenters. The molecule has 1 aliphatic heterocycles. The molecular weight excluding hydrogens is 358 g/mol. The van der Waals surface area contributed by atoms with Gasteiger partial charge in [-0.25, -0.2) is 0 Å². The van der Waals surface area contributed by atoms with Crippen LogP contribution in [0.15, 0.2) is 42.5 Å². The second kappa shape index (κ2) is 8.31. The zero-order valence-corrected chi connectivity index (χ0v) is 16.3. The molecule has 2 aromatic carbocycles. The Balaban J connectivity index is 1.78. The molecule has 7 nitrogen and oxygen atoms in total. The van der Waals surface area contributed by atoms with Crippen molar-refractivity contribution in [2.75, 3.05) is 32.7 Å². The highest BCUT2D eigenvalue weighted by atomic mass is 16.5. The second-order valence-electron chi connectivity index (χ2n) is 6.68. The van der Waals surface area contributed by atoms with Gasteiger partial charge in [-0.1, -0.05) is 12.1 Å². The summed E-state index contributed by atoms with van der Waals surface area (Å²) >= 11 is 0. The van der Waals surface area contributed by atoms with Crippen LogP contribution in [0.1, 0.15) is 22.3 Å². The molecule has 0 aliphatic carbocycles. The van der Waals surface area contributed by atoms with Crippen LogP contribution in [0.2, 0.25) is 0 Å². The highest BCUT2D eigenvalue weighted by Crippen LogP contribution is 2.32. The number of carbonyl (C=O) groups excluding carboxylic acids is 2. The van der Waals surface area contributed by atoms with Gasteiger partial charge in [0.05, 0.1) is 19.9 Å². The fourth-order valence-electron chi connectivity index (χ4n) is 3.36. The van der Waals surface area contributed by atoms with Crippen LogP contribution in [-0.4, -0.2) is 50.6 Å². The van der Waals surface area contributed by atoms with Crippen molar-refractivity contribution in [3.63, 3.8) is 0 Å². The van der Waals surface area contributed by atoms with Gasteiger partial charge < -0.3 is 25.0 Å². The minimum Gasteiger partial charge on any atom is -0.497 e. The van der Waals surface area contributed by atoms with E-state index in [1.54, 1.807) is 56.5 Å². The van der Waals surface area contributed by atoms with Crippen molar-refractivity contribution in [3.05, 3.63) is 53.6 Å². The number of benzene rings is 2. The standard InChI is InChI=1S/C21H25N3O4/c1-23(20(25)15-6-4-14(13-22)5-7-15)19-8-9-24(21(19)26)16-10-17(27-2)12-18(11-16)28-3/h4-7,10-12,19H,8-9,13,22H2,1-3H3. The molecule has 2 amide bonds. The van der Waals surface area contributed by atoms with E-state index < -0.39 is 6.04 Å². The average Bonchev–Trinajstić information content (AvgIpc) is 3.13. The van der Waals surface area contributed by atoms with Gasteiger partial charge in [0, 0.05) is 43.9 Å². The van der Waals surface area contributed by atoms with Gasteiger partial charge in [-0.15, -0.1) is 0 Å². The summed E-state index contributed by atoms with van der Waals surface area (Å²) in [5.41, 5.74) is 7.78. The maximum Gasteiger partial charge on any atom is 0.254 e. The zero-order valence-electron chi connectivity index (χ0n) is 16.3. The summed E-state index contributed by atoms with van der Waals surface area (Å²) in [4.78, 5) is 29.0. The Labute approximate surface area is 164 Å². The van der Waals surface area contributed by atoms with Crippen molar-refractivity contribution in [1.29, 1.82) is 0 Å². The van der Waals surface area contributed by atoms with Crippen LogP contribution in [0.4, 0.5) is 5.69 Å². The number of anilines is 1. The first-order valence-corrected chi connectivity index (χ1v) is 9.09. The van der Waals surface area contributed by atoms with Crippen molar-refractivity contribution in [3.8, 4) is 11.5 Å². The Morgan fingerprint density at radius 2 is 1.75 bits per heavy atom. The molecule has 1 unspecified atom stereocenters. The Morgan fingerprint density at radius 3 is 2.29 bits per heavy atom. The topological polar surface area (TPSA) is 85.1 Å². The van der Waals surface area contributed by atoms with E-state index in [0.29, 0.717) is 42.3 Å². The SMILES string of the molecule is COc1cc(OC)cc(N2CCC(N(C)C(=O)c3ccc(CN)cc3)C2=O)c1. The van der Waals surface area contributed by atoms with Gasteiger partial charge in [0.15, 0.2) is 0 Å². The van der Waals surface area contributed by atoms with Crippen molar-refractivity contribution in [2.24, 2.45) is 5.73 Å². The summed E-state index contributed by atoms with van der Waals surface area (Å²) in [7, 11) is 4.79. The lowest BCUT2D eigenvalue weighted by Gasteiger charge is -2.24. The molecular formula is C21H25N3O4. The number of carbonyl (C=O) groups is 2. The van der Waals surface area contributed by atoms with Gasteiger partial charge in [-0.2, -0.15) is 0 Å². The van der Waals surface area contributed by atoms with E-state index >= 15 is 0 Å². The van der Waals surface area contributed by atoms with E-state index in [4.69, 9.17) is 15.2 Å². The summed E-state index contributed by atoms with van der Waals surface area (Å²) in [5, 5.41) is 0. The van der Waals surface area contributed by atoms with Crippen LogP contribution in [0.25, 0.3) is 0 Å². The fraction of sp³-hybridized carbons (Fsp3) is 0.333. The van der Waals surface area contributed by atoms with Crippen LogP contribution >= 0.6 is 0 Å². The summed E-state index contributed by atoms with van der Waals surface area (Å²) in [6, 6.07) is 11.9. The van der Waals surface area contributed by atoms with Crippen LogP contribution < -0.4 is 20.1 Å². The Bertz CT molecular complexity index is 844. The lowest BCUT2D eigenvalue weighted by atomic mass is 10.1. The number of amides is 2. The van der Waals surface area contributed by atoms with Crippen LogP contribution in [0.3, 0.4) is 0 Å². The highest BCUT2D eigenvalue weighted by molar-refractivity contribution is 6.04. The summed E-state index contributed by atoms with van der Waals surface area (Å²) in [5.74, 6) is 0.904. The molecule has 0 radical (unpaired) electrons. The summed E-state index contributed by atoms with van der Waals surface area (Å²) in [6.45, 7) is 0.938. The lowest BCUT2D eigenvalue weighted by molar-refractivity contribution is -0.120. The van der Waals surface area contributed by atoms with Crippen molar-refractivity contribution in [2.45, 2.75) is 19.0 Å². The first-order valence-electron chi connectivity index (χ1n) is 9.09. The normalized spacial score (nSPS) is 16.2. The van der Waals surface area contributed by atoms with E-state index in [9.17, 15) is 9.59 Å². The number of hydrogen-bond donors (Lipinski definition) is 1. The maximum absolute atomic E-state index is 13.0. The largest absolute Gasteiger partial charge is 0.497 e. The Morgan fingerprint density at radius 1 is 1.14 bits per heavy atom. The van der Waals surface area contributed by atoms with E-state index in [1.165, 1.54) is 4.90 Å². The maximum atomic E-state index is 13.0. The average molecular weight is 383 g/mol.